The number of nitrogens with zero attached hydrogens (tertiary/aromatic N) is 4. The van der Waals surface area contributed by atoms with E-state index >= 15 is 0 Å². The fraction of sp³-hybridized carbons (Fsp3) is 0.526. The molecule has 0 saturated carbocycles. The van der Waals surface area contributed by atoms with E-state index in [4.69, 9.17) is 5.11 Å². The number of piperazine rings is 1. The molecule has 3 amide bonds. The number of hydrazone groups is 1. The molecule has 146 valence electrons. The molecule has 0 atom stereocenters. The van der Waals surface area contributed by atoms with E-state index in [1.807, 2.05) is 30.3 Å². The molecule has 0 radical (unpaired) electrons. The summed E-state index contributed by atoms with van der Waals surface area (Å²) in [5.41, 5.74) is 1.93. The molecule has 0 aromatic heterocycles. The summed E-state index contributed by atoms with van der Waals surface area (Å²) in [6.07, 6.45) is 1.08. The van der Waals surface area contributed by atoms with Gasteiger partial charge in [-0.25, -0.2) is 9.80 Å². The minimum absolute atomic E-state index is 0.0125. The fourth-order valence-electron chi connectivity index (χ4n) is 3.31. The van der Waals surface area contributed by atoms with Gasteiger partial charge < -0.3 is 15.3 Å². The van der Waals surface area contributed by atoms with Gasteiger partial charge in [0.05, 0.1) is 18.9 Å². The van der Waals surface area contributed by atoms with E-state index in [1.165, 1.54) is 5.01 Å². The van der Waals surface area contributed by atoms with Crippen LogP contribution in [0.15, 0.2) is 35.4 Å². The number of nitrogens with one attached hydrogen (secondary N) is 1. The van der Waals surface area contributed by atoms with Crippen molar-refractivity contribution in [1.82, 2.24) is 20.1 Å². The van der Waals surface area contributed by atoms with Gasteiger partial charge in [-0.3, -0.25) is 9.69 Å². The third-order valence-electron chi connectivity index (χ3n) is 4.89. The molecule has 3 rings (SSSR count). The van der Waals surface area contributed by atoms with Crippen LogP contribution >= 0.6 is 0 Å². The maximum atomic E-state index is 12.3. The Kier molecular flexibility index (Phi) is 6.78. The first-order valence-electron chi connectivity index (χ1n) is 9.46. The normalized spacial score (nSPS) is 18.4. The number of carbonyl (C=O) groups is 2. The van der Waals surface area contributed by atoms with Gasteiger partial charge in [-0.1, -0.05) is 30.3 Å². The SMILES string of the molecule is O=C(NCCN1N=C(c2ccccc2)CCC1=O)N1CCN(CCO)CC1. The van der Waals surface area contributed by atoms with Gasteiger partial charge in [0.25, 0.3) is 0 Å². The van der Waals surface area contributed by atoms with Crippen LogP contribution in [0.3, 0.4) is 0 Å². The first-order chi connectivity index (χ1) is 13.2. The van der Waals surface area contributed by atoms with E-state index in [1.54, 1.807) is 4.90 Å². The summed E-state index contributed by atoms with van der Waals surface area (Å²) < 4.78 is 0. The summed E-state index contributed by atoms with van der Waals surface area (Å²) in [5.74, 6) is -0.0125. The lowest BCUT2D eigenvalue weighted by Crippen LogP contribution is -2.53. The zero-order chi connectivity index (χ0) is 19.1. The van der Waals surface area contributed by atoms with Gasteiger partial charge in [0.2, 0.25) is 5.91 Å². The van der Waals surface area contributed by atoms with Crippen LogP contribution in [-0.2, 0) is 4.79 Å². The van der Waals surface area contributed by atoms with Crippen molar-refractivity contribution in [3.05, 3.63) is 35.9 Å². The highest BCUT2D eigenvalue weighted by Crippen LogP contribution is 2.14. The number of hydrogen-bond acceptors (Lipinski definition) is 5. The standard InChI is InChI=1S/C19H27N5O3/c25-15-14-22-10-12-23(13-11-22)19(27)20-8-9-24-18(26)7-6-17(21-24)16-4-2-1-3-5-16/h1-5,25H,6-15H2,(H,20,27). The molecule has 1 aromatic rings. The number of benzene rings is 1. The lowest BCUT2D eigenvalue weighted by atomic mass is 10.0. The number of amides is 3. The van der Waals surface area contributed by atoms with Crippen LogP contribution in [-0.4, -0.2) is 90.0 Å². The Bertz CT molecular complexity index is 671. The molecule has 1 fully saturated rings. The molecule has 2 aliphatic rings. The van der Waals surface area contributed by atoms with Crippen LogP contribution in [0.1, 0.15) is 18.4 Å². The zero-order valence-electron chi connectivity index (χ0n) is 15.5. The van der Waals surface area contributed by atoms with Crippen LogP contribution in [0.4, 0.5) is 4.79 Å². The van der Waals surface area contributed by atoms with Gasteiger partial charge in [0.1, 0.15) is 0 Å². The van der Waals surface area contributed by atoms with Crippen LogP contribution < -0.4 is 5.32 Å². The summed E-state index contributed by atoms with van der Waals surface area (Å²) in [7, 11) is 0. The average Bonchev–Trinajstić information content (AvgIpc) is 2.71. The molecular weight excluding hydrogens is 346 g/mol. The first-order valence-corrected chi connectivity index (χ1v) is 9.46. The lowest BCUT2D eigenvalue weighted by Gasteiger charge is -2.34. The predicted molar refractivity (Wildman–Crippen MR) is 102 cm³/mol. The number of urea groups is 1. The van der Waals surface area contributed by atoms with Gasteiger partial charge >= 0.3 is 6.03 Å². The monoisotopic (exact) mass is 373 g/mol. The molecule has 0 spiro atoms. The molecule has 0 unspecified atom stereocenters. The molecule has 27 heavy (non-hydrogen) atoms. The van der Waals surface area contributed by atoms with Crippen molar-refractivity contribution in [3.63, 3.8) is 0 Å². The summed E-state index contributed by atoms with van der Waals surface area (Å²) in [5, 5.41) is 17.8. The Labute approximate surface area is 159 Å². The van der Waals surface area contributed by atoms with Crippen LogP contribution in [0.5, 0.6) is 0 Å². The summed E-state index contributed by atoms with van der Waals surface area (Å²) in [6.45, 7) is 4.34. The Hall–Kier alpha value is -2.45. The Morgan fingerprint density at radius 1 is 1.07 bits per heavy atom. The molecule has 8 nitrogen and oxygen atoms in total. The van der Waals surface area contributed by atoms with Crippen LogP contribution in [0, 0.1) is 0 Å². The quantitative estimate of drug-likeness (QED) is 0.752. The van der Waals surface area contributed by atoms with Crippen molar-refractivity contribution in [2.45, 2.75) is 12.8 Å². The predicted octanol–water partition coefficient (Wildman–Crippen LogP) is 0.333. The van der Waals surface area contributed by atoms with Crippen molar-refractivity contribution in [1.29, 1.82) is 0 Å². The third kappa shape index (κ3) is 5.27. The molecule has 2 heterocycles. The minimum atomic E-state index is -0.115. The highest BCUT2D eigenvalue weighted by Gasteiger charge is 2.23. The van der Waals surface area contributed by atoms with Gasteiger partial charge in [-0.15, -0.1) is 0 Å². The highest BCUT2D eigenvalue weighted by molar-refractivity contribution is 6.04. The van der Waals surface area contributed by atoms with Crippen molar-refractivity contribution in [2.24, 2.45) is 5.10 Å². The molecule has 1 saturated heterocycles. The van der Waals surface area contributed by atoms with Crippen molar-refractivity contribution in [2.75, 3.05) is 52.4 Å². The van der Waals surface area contributed by atoms with Crippen molar-refractivity contribution < 1.29 is 14.7 Å². The van der Waals surface area contributed by atoms with Gasteiger partial charge in [-0.05, 0) is 5.56 Å². The van der Waals surface area contributed by atoms with Gasteiger partial charge in [-0.2, -0.15) is 5.10 Å². The summed E-state index contributed by atoms with van der Waals surface area (Å²) in [4.78, 5) is 28.3. The third-order valence-corrected chi connectivity index (χ3v) is 4.89. The first kappa shape index (κ1) is 19.3. The number of hydrogen-bond donors (Lipinski definition) is 2. The van der Waals surface area contributed by atoms with Crippen molar-refractivity contribution >= 4 is 17.6 Å². The van der Waals surface area contributed by atoms with E-state index in [2.05, 4.69) is 15.3 Å². The highest BCUT2D eigenvalue weighted by atomic mass is 16.3. The van der Waals surface area contributed by atoms with Gasteiger partial charge in [0, 0.05) is 52.1 Å². The Balaban J connectivity index is 1.46. The molecular formula is C19H27N5O3. The fourth-order valence-corrected chi connectivity index (χ4v) is 3.31. The number of aliphatic hydroxyl groups is 1. The van der Waals surface area contributed by atoms with Gasteiger partial charge in [0.15, 0.2) is 0 Å². The van der Waals surface area contributed by atoms with Crippen LogP contribution in [0.2, 0.25) is 0 Å². The average molecular weight is 373 g/mol. The Morgan fingerprint density at radius 3 is 2.52 bits per heavy atom. The van der Waals surface area contributed by atoms with Crippen molar-refractivity contribution in [3.8, 4) is 0 Å². The summed E-state index contributed by atoms with van der Waals surface area (Å²) in [6, 6.07) is 9.74. The number of aliphatic hydroxyl groups excluding tert-OH is 1. The van der Waals surface area contributed by atoms with E-state index in [-0.39, 0.29) is 18.5 Å². The summed E-state index contributed by atoms with van der Waals surface area (Å²) >= 11 is 0. The molecule has 8 heteroatoms. The molecule has 2 N–H and O–H groups in total. The molecule has 1 aromatic carbocycles. The van der Waals surface area contributed by atoms with E-state index in [0.717, 1.165) is 24.4 Å². The maximum Gasteiger partial charge on any atom is 0.317 e. The van der Waals surface area contributed by atoms with E-state index in [0.29, 0.717) is 45.6 Å². The van der Waals surface area contributed by atoms with E-state index in [9.17, 15) is 9.59 Å². The smallest absolute Gasteiger partial charge is 0.317 e. The minimum Gasteiger partial charge on any atom is -0.395 e. The lowest BCUT2D eigenvalue weighted by molar-refractivity contribution is -0.131. The van der Waals surface area contributed by atoms with Crippen LogP contribution in [0.25, 0.3) is 0 Å². The maximum absolute atomic E-state index is 12.3. The topological polar surface area (TPSA) is 88.5 Å². The Morgan fingerprint density at radius 2 is 1.81 bits per heavy atom. The molecule has 0 bridgehead atoms. The number of rotatable bonds is 6. The second kappa shape index (κ2) is 9.48. The largest absolute Gasteiger partial charge is 0.395 e. The second-order valence-corrected chi connectivity index (χ2v) is 6.71. The number of β-amino-alcohol motifs (C(OH)–C–C–N with tert-alkyl or cyclic N) is 1. The van der Waals surface area contributed by atoms with E-state index < -0.39 is 0 Å². The zero-order valence-corrected chi connectivity index (χ0v) is 15.5. The number of carbonyl (C=O) groups excluding carboxylic acids is 2. The molecule has 0 aliphatic carbocycles. The molecule has 2 aliphatic heterocycles. The second-order valence-electron chi connectivity index (χ2n) is 6.71.